The van der Waals surface area contributed by atoms with Gasteiger partial charge in [-0.3, -0.25) is 15.1 Å². The van der Waals surface area contributed by atoms with Gasteiger partial charge in [-0.1, -0.05) is 20.3 Å². The first-order valence-corrected chi connectivity index (χ1v) is 5.81. The molecular formula is C11H21N3O2. The smallest absolute Gasteiger partial charge is 0.252 e. The lowest BCUT2D eigenvalue weighted by atomic mass is 9.91. The van der Waals surface area contributed by atoms with Crippen molar-refractivity contribution in [1.29, 1.82) is 0 Å². The number of nitrogens with zero attached hydrogens (tertiary/aromatic N) is 1. The van der Waals surface area contributed by atoms with Crippen molar-refractivity contribution in [2.75, 3.05) is 20.3 Å². The zero-order chi connectivity index (χ0) is 12.0. The molecule has 1 heterocycles. The lowest BCUT2D eigenvalue weighted by Crippen LogP contribution is -2.46. The van der Waals surface area contributed by atoms with Crippen LogP contribution in [0, 0.1) is 0 Å². The number of rotatable bonds is 6. The highest BCUT2D eigenvalue weighted by molar-refractivity contribution is 6.08. The third-order valence-corrected chi connectivity index (χ3v) is 2.87. The summed E-state index contributed by atoms with van der Waals surface area (Å²) in [5.74, 6) is 0.616. The standard InChI is InChI=1S/C11H21N3O2/c1-4-6-11(5-2)9(15)13-10(14-11)12-7-8-16-3/h4-8H2,1-3H3,(H2,12,13,14,15). The molecule has 0 aromatic rings. The van der Waals surface area contributed by atoms with Crippen molar-refractivity contribution < 1.29 is 9.53 Å². The van der Waals surface area contributed by atoms with Gasteiger partial charge in [-0.15, -0.1) is 0 Å². The molecule has 1 atom stereocenters. The Bertz CT molecular complexity index is 278. The maximum Gasteiger partial charge on any atom is 0.252 e. The highest BCUT2D eigenvalue weighted by Crippen LogP contribution is 2.21. The SMILES string of the molecule is CCCC1(CC)NC(=NCCOC)NC1=O. The van der Waals surface area contributed by atoms with Gasteiger partial charge in [0.15, 0.2) is 5.96 Å². The molecule has 0 aliphatic carbocycles. The summed E-state index contributed by atoms with van der Waals surface area (Å²) < 4.78 is 4.91. The van der Waals surface area contributed by atoms with E-state index in [2.05, 4.69) is 22.5 Å². The lowest BCUT2D eigenvalue weighted by Gasteiger charge is -2.23. The first-order valence-electron chi connectivity index (χ1n) is 5.81. The largest absolute Gasteiger partial charge is 0.383 e. The Hall–Kier alpha value is -1.10. The monoisotopic (exact) mass is 227 g/mol. The minimum atomic E-state index is -0.458. The molecule has 1 rings (SSSR count). The van der Waals surface area contributed by atoms with Gasteiger partial charge in [0.1, 0.15) is 5.54 Å². The van der Waals surface area contributed by atoms with Crippen LogP contribution in [-0.4, -0.2) is 37.7 Å². The molecule has 1 unspecified atom stereocenters. The molecule has 1 aliphatic rings. The Balaban J connectivity index is 2.64. The molecule has 0 aromatic carbocycles. The summed E-state index contributed by atoms with van der Waals surface area (Å²) in [6, 6.07) is 0. The van der Waals surface area contributed by atoms with Crippen LogP contribution in [0.3, 0.4) is 0 Å². The predicted octanol–water partition coefficient (Wildman–Crippen LogP) is 0.657. The van der Waals surface area contributed by atoms with Crippen LogP contribution in [0.25, 0.3) is 0 Å². The van der Waals surface area contributed by atoms with Crippen LogP contribution < -0.4 is 10.6 Å². The molecule has 2 N–H and O–H groups in total. The Morgan fingerprint density at radius 1 is 1.44 bits per heavy atom. The van der Waals surface area contributed by atoms with Crippen molar-refractivity contribution in [1.82, 2.24) is 10.6 Å². The molecule has 0 aromatic heterocycles. The number of methoxy groups -OCH3 is 1. The minimum absolute atomic E-state index is 0.0352. The topological polar surface area (TPSA) is 62.7 Å². The molecule has 0 spiro atoms. The van der Waals surface area contributed by atoms with Crippen LogP contribution in [-0.2, 0) is 9.53 Å². The Labute approximate surface area is 96.7 Å². The van der Waals surface area contributed by atoms with Crippen LogP contribution in [0.1, 0.15) is 33.1 Å². The van der Waals surface area contributed by atoms with E-state index in [-0.39, 0.29) is 5.91 Å². The molecule has 16 heavy (non-hydrogen) atoms. The van der Waals surface area contributed by atoms with Crippen molar-refractivity contribution in [2.24, 2.45) is 4.99 Å². The highest BCUT2D eigenvalue weighted by atomic mass is 16.5. The van der Waals surface area contributed by atoms with Crippen molar-refractivity contribution in [3.8, 4) is 0 Å². The van der Waals surface area contributed by atoms with Crippen LogP contribution in [0.4, 0.5) is 0 Å². The van der Waals surface area contributed by atoms with Gasteiger partial charge in [0.25, 0.3) is 5.91 Å². The Kier molecular flexibility index (Phi) is 4.73. The minimum Gasteiger partial charge on any atom is -0.383 e. The lowest BCUT2D eigenvalue weighted by molar-refractivity contribution is -0.124. The number of aliphatic imine (C=N–C) groups is 1. The van der Waals surface area contributed by atoms with Gasteiger partial charge in [0, 0.05) is 7.11 Å². The fourth-order valence-electron chi connectivity index (χ4n) is 1.90. The van der Waals surface area contributed by atoms with Gasteiger partial charge in [-0.2, -0.15) is 0 Å². The van der Waals surface area contributed by atoms with E-state index in [1.165, 1.54) is 0 Å². The van der Waals surface area contributed by atoms with Gasteiger partial charge in [0.05, 0.1) is 13.2 Å². The zero-order valence-electron chi connectivity index (χ0n) is 10.3. The third-order valence-electron chi connectivity index (χ3n) is 2.87. The average Bonchev–Trinajstić information content (AvgIpc) is 2.57. The first kappa shape index (κ1) is 13.0. The fourth-order valence-corrected chi connectivity index (χ4v) is 1.90. The Morgan fingerprint density at radius 3 is 2.75 bits per heavy atom. The average molecular weight is 227 g/mol. The van der Waals surface area contributed by atoms with E-state index < -0.39 is 5.54 Å². The van der Waals surface area contributed by atoms with Crippen LogP contribution in [0.15, 0.2) is 4.99 Å². The van der Waals surface area contributed by atoms with Gasteiger partial charge in [-0.25, -0.2) is 0 Å². The number of carbonyl (C=O) groups excluding carboxylic acids is 1. The fraction of sp³-hybridized carbons (Fsp3) is 0.818. The number of nitrogens with one attached hydrogen (secondary N) is 2. The maximum absolute atomic E-state index is 11.9. The zero-order valence-corrected chi connectivity index (χ0v) is 10.3. The summed E-state index contributed by atoms with van der Waals surface area (Å²) in [4.78, 5) is 16.1. The molecule has 1 amide bonds. The van der Waals surface area contributed by atoms with Crippen LogP contribution in [0.5, 0.6) is 0 Å². The van der Waals surface area contributed by atoms with Crippen molar-refractivity contribution in [2.45, 2.75) is 38.6 Å². The van der Waals surface area contributed by atoms with Gasteiger partial charge in [-0.05, 0) is 12.8 Å². The van der Waals surface area contributed by atoms with Crippen molar-refractivity contribution >= 4 is 11.9 Å². The molecule has 5 nitrogen and oxygen atoms in total. The molecule has 5 heteroatoms. The summed E-state index contributed by atoms with van der Waals surface area (Å²) in [5, 5.41) is 5.98. The molecular weight excluding hydrogens is 206 g/mol. The second-order valence-corrected chi connectivity index (χ2v) is 3.99. The predicted molar refractivity (Wildman–Crippen MR) is 63.4 cm³/mol. The van der Waals surface area contributed by atoms with E-state index >= 15 is 0 Å². The molecule has 0 saturated carbocycles. The number of ether oxygens (including phenoxy) is 1. The van der Waals surface area contributed by atoms with Gasteiger partial charge in [0.2, 0.25) is 0 Å². The Morgan fingerprint density at radius 2 is 2.19 bits per heavy atom. The van der Waals surface area contributed by atoms with Crippen molar-refractivity contribution in [3.05, 3.63) is 0 Å². The summed E-state index contributed by atoms with van der Waals surface area (Å²) in [6.07, 6.45) is 2.58. The normalized spacial score (nSPS) is 26.9. The molecule has 0 radical (unpaired) electrons. The summed E-state index contributed by atoms with van der Waals surface area (Å²) >= 11 is 0. The third kappa shape index (κ3) is 2.72. The van der Waals surface area contributed by atoms with E-state index in [1.807, 2.05) is 6.92 Å². The summed E-state index contributed by atoms with van der Waals surface area (Å²) in [5.41, 5.74) is -0.458. The first-order chi connectivity index (χ1) is 7.68. The molecule has 1 saturated heterocycles. The van der Waals surface area contributed by atoms with E-state index in [4.69, 9.17) is 4.74 Å². The molecule has 0 bridgehead atoms. The number of amides is 1. The summed E-state index contributed by atoms with van der Waals surface area (Å²) in [6.45, 7) is 5.21. The van der Waals surface area contributed by atoms with Crippen LogP contribution in [0.2, 0.25) is 0 Å². The van der Waals surface area contributed by atoms with E-state index in [9.17, 15) is 4.79 Å². The second-order valence-electron chi connectivity index (χ2n) is 3.99. The quantitative estimate of drug-likeness (QED) is 0.655. The van der Waals surface area contributed by atoms with Gasteiger partial charge >= 0.3 is 0 Å². The molecule has 1 fully saturated rings. The second kappa shape index (κ2) is 5.84. The highest BCUT2D eigenvalue weighted by Gasteiger charge is 2.42. The van der Waals surface area contributed by atoms with Gasteiger partial charge < -0.3 is 10.1 Å². The molecule has 1 aliphatic heterocycles. The summed E-state index contributed by atoms with van der Waals surface area (Å²) in [7, 11) is 1.63. The number of hydrogen-bond acceptors (Lipinski definition) is 3. The number of hydrogen-bond donors (Lipinski definition) is 2. The molecule has 92 valence electrons. The van der Waals surface area contributed by atoms with E-state index in [0.29, 0.717) is 19.1 Å². The number of carbonyl (C=O) groups is 1. The number of guanidine groups is 1. The van der Waals surface area contributed by atoms with Crippen LogP contribution >= 0.6 is 0 Å². The maximum atomic E-state index is 11.9. The van der Waals surface area contributed by atoms with E-state index in [1.54, 1.807) is 7.11 Å². The van der Waals surface area contributed by atoms with E-state index in [0.717, 1.165) is 19.3 Å². The van der Waals surface area contributed by atoms with Crippen molar-refractivity contribution in [3.63, 3.8) is 0 Å².